The fourth-order valence-electron chi connectivity index (χ4n) is 3.83. The molecule has 0 unspecified atom stereocenters. The summed E-state index contributed by atoms with van der Waals surface area (Å²) in [6.07, 6.45) is 7.92. The predicted octanol–water partition coefficient (Wildman–Crippen LogP) is 3.19. The summed E-state index contributed by atoms with van der Waals surface area (Å²) in [5.74, 6) is 1.11. The maximum Gasteiger partial charge on any atom is 0.244 e. The van der Waals surface area contributed by atoms with Crippen molar-refractivity contribution in [2.45, 2.75) is 32.2 Å². The largest absolute Gasteiger partial charge is 0.479 e. The van der Waals surface area contributed by atoms with Gasteiger partial charge in [-0.1, -0.05) is 13.3 Å². The number of halogens is 1. The lowest BCUT2D eigenvalue weighted by molar-refractivity contribution is 0.273. The molecule has 1 saturated carbocycles. The van der Waals surface area contributed by atoms with E-state index in [4.69, 9.17) is 4.74 Å². The van der Waals surface area contributed by atoms with Crippen molar-refractivity contribution in [2.24, 2.45) is 5.92 Å². The number of aromatic nitrogens is 6. The molecule has 9 heteroatoms. The minimum absolute atomic E-state index is 0.321. The monoisotopic (exact) mass is 381 g/mol. The number of anilines is 1. The zero-order chi connectivity index (χ0) is 19.3. The van der Waals surface area contributed by atoms with Crippen LogP contribution in [-0.4, -0.2) is 42.3 Å². The van der Waals surface area contributed by atoms with E-state index in [9.17, 15) is 4.39 Å². The molecule has 0 radical (unpaired) electrons. The molecule has 0 saturated heterocycles. The summed E-state index contributed by atoms with van der Waals surface area (Å²) in [5, 5.41) is 11.9. The molecule has 0 bridgehead atoms. The smallest absolute Gasteiger partial charge is 0.244 e. The van der Waals surface area contributed by atoms with E-state index in [0.717, 1.165) is 18.8 Å². The minimum atomic E-state index is -0.404. The number of methoxy groups -OCH3 is 1. The standard InChI is InChI=1S/C19H20FN7O/c1-3-11-6-13(7-11)23-19-24-18(28-2)17-16(14(20)9-27(17)25-19)12-4-5-15-21-10-22-26(15)8-12/h4-5,8-11,13H,3,6-7H2,1-2H3,(H,23,25). The fraction of sp³-hybridized carbons (Fsp3) is 0.368. The van der Waals surface area contributed by atoms with Crippen molar-refractivity contribution < 1.29 is 9.13 Å². The van der Waals surface area contributed by atoms with Gasteiger partial charge in [0.25, 0.3) is 0 Å². The molecule has 0 spiro atoms. The normalized spacial score (nSPS) is 19.1. The summed E-state index contributed by atoms with van der Waals surface area (Å²) in [6.45, 7) is 2.20. The van der Waals surface area contributed by atoms with Crippen LogP contribution in [-0.2, 0) is 0 Å². The van der Waals surface area contributed by atoms with Crippen LogP contribution in [0.1, 0.15) is 26.2 Å². The van der Waals surface area contributed by atoms with Gasteiger partial charge in [-0.2, -0.15) is 10.1 Å². The minimum Gasteiger partial charge on any atom is -0.479 e. The Kier molecular flexibility index (Phi) is 3.88. The maximum absolute atomic E-state index is 14.9. The Bertz CT molecular complexity index is 1160. The zero-order valence-electron chi connectivity index (χ0n) is 15.6. The van der Waals surface area contributed by atoms with Gasteiger partial charge in [-0.15, -0.1) is 5.10 Å². The first-order chi connectivity index (χ1) is 13.7. The maximum atomic E-state index is 14.9. The molecule has 8 nitrogen and oxygen atoms in total. The molecule has 0 aromatic carbocycles. The van der Waals surface area contributed by atoms with Crippen LogP contribution >= 0.6 is 0 Å². The highest BCUT2D eigenvalue weighted by Gasteiger charge is 2.29. The second-order valence-corrected chi connectivity index (χ2v) is 7.16. The Morgan fingerprint density at radius 3 is 2.89 bits per heavy atom. The third kappa shape index (κ3) is 2.65. The van der Waals surface area contributed by atoms with Gasteiger partial charge in [-0.3, -0.25) is 0 Å². The number of fused-ring (bicyclic) bond motifs is 2. The van der Waals surface area contributed by atoms with Gasteiger partial charge >= 0.3 is 0 Å². The highest BCUT2D eigenvalue weighted by Crippen LogP contribution is 2.35. The highest BCUT2D eigenvalue weighted by molar-refractivity contribution is 5.85. The van der Waals surface area contributed by atoms with Crippen LogP contribution in [0.4, 0.5) is 10.3 Å². The van der Waals surface area contributed by atoms with E-state index in [0.29, 0.717) is 40.2 Å². The fourth-order valence-corrected chi connectivity index (χ4v) is 3.83. The molecule has 1 aliphatic carbocycles. The summed E-state index contributed by atoms with van der Waals surface area (Å²) in [5.41, 5.74) is 2.18. The Labute approximate surface area is 160 Å². The third-order valence-corrected chi connectivity index (χ3v) is 5.46. The molecular weight excluding hydrogens is 361 g/mol. The average Bonchev–Trinajstić information content (AvgIpc) is 3.26. The van der Waals surface area contributed by atoms with E-state index in [1.807, 2.05) is 0 Å². The summed E-state index contributed by atoms with van der Waals surface area (Å²) < 4.78 is 23.5. The van der Waals surface area contributed by atoms with Gasteiger partial charge in [-0.05, 0) is 30.9 Å². The van der Waals surface area contributed by atoms with Crippen molar-refractivity contribution in [3.63, 3.8) is 0 Å². The molecule has 1 fully saturated rings. The van der Waals surface area contributed by atoms with Gasteiger partial charge in [0.1, 0.15) is 11.8 Å². The first kappa shape index (κ1) is 16.9. The molecule has 0 aliphatic heterocycles. The van der Waals surface area contributed by atoms with E-state index in [-0.39, 0.29) is 0 Å². The van der Waals surface area contributed by atoms with Crippen molar-refractivity contribution >= 4 is 17.1 Å². The second-order valence-electron chi connectivity index (χ2n) is 7.16. The van der Waals surface area contributed by atoms with Crippen LogP contribution in [0.2, 0.25) is 0 Å². The van der Waals surface area contributed by atoms with Crippen molar-refractivity contribution in [1.82, 2.24) is 29.2 Å². The molecule has 1 N–H and O–H groups in total. The van der Waals surface area contributed by atoms with Crippen molar-refractivity contribution in [3.05, 3.63) is 36.7 Å². The molecule has 144 valence electrons. The SMILES string of the molecule is CCC1CC(Nc2nc(OC)c3c(-c4ccc5ncnn5c4)c(F)cn3n2)C1. The number of nitrogens with one attached hydrogen (secondary N) is 1. The second kappa shape index (κ2) is 6.43. The number of ether oxygens (including phenoxy) is 1. The molecule has 4 aromatic heterocycles. The van der Waals surface area contributed by atoms with Gasteiger partial charge in [0.15, 0.2) is 11.5 Å². The number of rotatable bonds is 5. The molecule has 4 aromatic rings. The number of nitrogens with zero attached hydrogens (tertiary/aromatic N) is 6. The van der Waals surface area contributed by atoms with E-state index >= 15 is 0 Å². The van der Waals surface area contributed by atoms with Crippen molar-refractivity contribution in [2.75, 3.05) is 12.4 Å². The highest BCUT2D eigenvalue weighted by atomic mass is 19.1. The van der Waals surface area contributed by atoms with Gasteiger partial charge in [0, 0.05) is 17.8 Å². The molecule has 0 atom stereocenters. The predicted molar refractivity (Wildman–Crippen MR) is 102 cm³/mol. The first-order valence-corrected chi connectivity index (χ1v) is 9.35. The summed E-state index contributed by atoms with van der Waals surface area (Å²) in [6, 6.07) is 3.93. The third-order valence-electron chi connectivity index (χ3n) is 5.46. The Hall–Kier alpha value is -3.23. The summed E-state index contributed by atoms with van der Waals surface area (Å²) in [4.78, 5) is 8.60. The molecule has 5 rings (SSSR count). The van der Waals surface area contributed by atoms with E-state index in [2.05, 4.69) is 32.4 Å². The summed E-state index contributed by atoms with van der Waals surface area (Å²) >= 11 is 0. The molecule has 28 heavy (non-hydrogen) atoms. The lowest BCUT2D eigenvalue weighted by Gasteiger charge is -2.35. The Morgan fingerprint density at radius 2 is 2.11 bits per heavy atom. The van der Waals surface area contributed by atoms with Gasteiger partial charge in [0.05, 0.1) is 18.9 Å². The van der Waals surface area contributed by atoms with Crippen LogP contribution < -0.4 is 10.1 Å². The summed E-state index contributed by atoms with van der Waals surface area (Å²) in [7, 11) is 1.53. The number of hydrogen-bond acceptors (Lipinski definition) is 6. The van der Waals surface area contributed by atoms with Crippen LogP contribution in [0.15, 0.2) is 30.9 Å². The molecule has 0 amide bonds. The van der Waals surface area contributed by atoms with Gasteiger partial charge in [0.2, 0.25) is 11.8 Å². The van der Waals surface area contributed by atoms with Crippen molar-refractivity contribution in [3.8, 4) is 17.0 Å². The van der Waals surface area contributed by atoms with E-state index in [1.54, 1.807) is 22.8 Å². The Morgan fingerprint density at radius 1 is 1.25 bits per heavy atom. The van der Waals surface area contributed by atoms with E-state index in [1.165, 1.54) is 30.6 Å². The zero-order valence-corrected chi connectivity index (χ0v) is 15.6. The van der Waals surface area contributed by atoms with Crippen LogP contribution in [0.5, 0.6) is 5.88 Å². The Balaban J connectivity index is 1.57. The lowest BCUT2D eigenvalue weighted by Crippen LogP contribution is -2.35. The van der Waals surface area contributed by atoms with Crippen molar-refractivity contribution in [1.29, 1.82) is 0 Å². The topological polar surface area (TPSA) is 81.6 Å². The van der Waals surface area contributed by atoms with E-state index < -0.39 is 5.82 Å². The average molecular weight is 381 g/mol. The molecular formula is C19H20FN7O. The van der Waals surface area contributed by atoms with Crippen LogP contribution in [0.25, 0.3) is 22.3 Å². The molecule has 4 heterocycles. The van der Waals surface area contributed by atoms with Gasteiger partial charge in [-0.25, -0.2) is 18.4 Å². The van der Waals surface area contributed by atoms with Gasteiger partial charge < -0.3 is 10.1 Å². The quantitative estimate of drug-likeness (QED) is 0.572. The van der Waals surface area contributed by atoms with Crippen LogP contribution in [0.3, 0.4) is 0 Å². The number of pyridine rings is 1. The number of hydrogen-bond donors (Lipinski definition) is 1. The van der Waals surface area contributed by atoms with Crippen LogP contribution in [0, 0.1) is 11.7 Å². The lowest BCUT2D eigenvalue weighted by atomic mass is 9.79. The first-order valence-electron chi connectivity index (χ1n) is 9.35. The molecule has 1 aliphatic rings.